The molecule has 0 N–H and O–H groups in total. The zero-order valence-electron chi connectivity index (χ0n) is 10.5. The summed E-state index contributed by atoms with van der Waals surface area (Å²) >= 11 is 0. The van der Waals surface area contributed by atoms with Crippen LogP contribution in [-0.4, -0.2) is 29.7 Å². The van der Waals surface area contributed by atoms with Gasteiger partial charge in [0.1, 0.15) is 0 Å². The molecule has 96 valence electrons. The number of fused-ring (bicyclic) bond motifs is 1. The van der Waals surface area contributed by atoms with Crippen LogP contribution in [0.5, 0.6) is 0 Å². The third-order valence-corrected chi connectivity index (χ3v) is 2.76. The van der Waals surface area contributed by atoms with E-state index < -0.39 is 11.8 Å². The molecule has 0 fully saturated rings. The van der Waals surface area contributed by atoms with E-state index in [1.54, 1.807) is 20.2 Å². The maximum Gasteiger partial charge on any atom is 0.419 e. The summed E-state index contributed by atoms with van der Waals surface area (Å²) < 4.78 is 11.1. The van der Waals surface area contributed by atoms with Gasteiger partial charge in [-0.15, -0.1) is 0 Å². The van der Waals surface area contributed by atoms with Crippen molar-refractivity contribution in [3.8, 4) is 0 Å². The minimum absolute atomic E-state index is 0.400. The molecule has 2 rings (SSSR count). The number of amides is 1. The second-order valence-electron chi connectivity index (χ2n) is 4.06. The second kappa shape index (κ2) is 4.56. The molecule has 0 aliphatic heterocycles. The maximum atomic E-state index is 11.3. The molecule has 0 unspecified atom stereocenters. The van der Waals surface area contributed by atoms with Gasteiger partial charge in [-0.1, -0.05) is 6.07 Å². The van der Waals surface area contributed by atoms with Gasteiger partial charge in [-0.25, -0.2) is 9.59 Å². The topological polar surface area (TPSA) is 64.7 Å². The Morgan fingerprint density at radius 1 is 1.50 bits per heavy atom. The number of benzene rings is 1. The van der Waals surface area contributed by atoms with Crippen molar-refractivity contribution >= 4 is 17.2 Å². The van der Waals surface area contributed by atoms with Crippen LogP contribution in [-0.2, 0) is 18.3 Å². The van der Waals surface area contributed by atoms with Crippen molar-refractivity contribution in [1.82, 2.24) is 9.47 Å². The highest BCUT2D eigenvalue weighted by Crippen LogP contribution is 2.15. The van der Waals surface area contributed by atoms with E-state index in [2.05, 4.69) is 4.74 Å². The number of oxazole rings is 1. The third-order valence-electron chi connectivity index (χ3n) is 2.76. The molecular formula is C12H14N2O4. The number of carbonyl (C=O) groups excluding carboxylic acids is 1. The molecule has 1 aromatic carbocycles. The number of ether oxygens (including phenoxy) is 1. The molecule has 0 radical (unpaired) electrons. The number of carbonyl (C=O) groups is 1. The molecule has 1 aromatic heterocycles. The first-order valence-corrected chi connectivity index (χ1v) is 5.40. The SMILES string of the molecule is COC(=O)N(C)Cc1ccc2oc(=O)n(C)c2c1. The first-order chi connectivity index (χ1) is 8.52. The molecule has 0 saturated heterocycles. The zero-order valence-corrected chi connectivity index (χ0v) is 10.5. The number of aromatic nitrogens is 1. The number of nitrogens with zero attached hydrogens (tertiary/aromatic N) is 2. The summed E-state index contributed by atoms with van der Waals surface area (Å²) in [6.07, 6.45) is -0.406. The van der Waals surface area contributed by atoms with E-state index in [0.29, 0.717) is 17.6 Å². The Morgan fingerprint density at radius 3 is 2.89 bits per heavy atom. The molecule has 0 saturated carbocycles. The van der Waals surface area contributed by atoms with E-state index in [9.17, 15) is 9.59 Å². The Kier molecular flexibility index (Phi) is 3.10. The van der Waals surface area contributed by atoms with Crippen LogP contribution >= 0.6 is 0 Å². The summed E-state index contributed by atoms with van der Waals surface area (Å²) in [6, 6.07) is 5.35. The summed E-state index contributed by atoms with van der Waals surface area (Å²) in [5.74, 6) is -0.400. The largest absolute Gasteiger partial charge is 0.453 e. The quantitative estimate of drug-likeness (QED) is 0.806. The van der Waals surface area contributed by atoms with Crippen LogP contribution < -0.4 is 5.76 Å². The summed E-state index contributed by atoms with van der Waals surface area (Å²) in [5.41, 5.74) is 2.13. The molecule has 6 heteroatoms. The van der Waals surface area contributed by atoms with Gasteiger partial charge < -0.3 is 14.1 Å². The average molecular weight is 250 g/mol. The van der Waals surface area contributed by atoms with Crippen molar-refractivity contribution in [2.24, 2.45) is 7.05 Å². The Bertz CT molecular complexity index is 641. The van der Waals surface area contributed by atoms with Crippen LogP contribution in [0, 0.1) is 0 Å². The number of hydrogen-bond acceptors (Lipinski definition) is 4. The van der Waals surface area contributed by atoms with Gasteiger partial charge >= 0.3 is 11.8 Å². The minimum Gasteiger partial charge on any atom is -0.453 e. The Hall–Kier alpha value is -2.24. The van der Waals surface area contributed by atoms with Crippen LogP contribution in [0.3, 0.4) is 0 Å². The van der Waals surface area contributed by atoms with Gasteiger partial charge in [-0.2, -0.15) is 0 Å². The van der Waals surface area contributed by atoms with Crippen molar-refractivity contribution in [3.05, 3.63) is 34.3 Å². The van der Waals surface area contributed by atoms with E-state index in [-0.39, 0.29) is 0 Å². The third kappa shape index (κ3) is 2.09. The first kappa shape index (κ1) is 12.2. The lowest BCUT2D eigenvalue weighted by molar-refractivity contribution is 0.131. The summed E-state index contributed by atoms with van der Waals surface area (Å²) in [5, 5.41) is 0. The number of methoxy groups -OCH3 is 1. The molecule has 1 amide bonds. The fraction of sp³-hybridized carbons (Fsp3) is 0.333. The van der Waals surface area contributed by atoms with Crippen LogP contribution in [0.4, 0.5) is 4.79 Å². The van der Waals surface area contributed by atoms with Crippen LogP contribution in [0.15, 0.2) is 27.4 Å². The van der Waals surface area contributed by atoms with Gasteiger partial charge in [0.05, 0.1) is 12.6 Å². The maximum absolute atomic E-state index is 11.3. The van der Waals surface area contributed by atoms with Gasteiger partial charge in [0, 0.05) is 20.6 Å². The number of aryl methyl sites for hydroxylation is 1. The van der Waals surface area contributed by atoms with Crippen LogP contribution in [0.25, 0.3) is 11.1 Å². The lowest BCUT2D eigenvalue weighted by Crippen LogP contribution is -2.25. The van der Waals surface area contributed by atoms with Gasteiger partial charge in [0.15, 0.2) is 5.58 Å². The van der Waals surface area contributed by atoms with E-state index in [4.69, 9.17) is 4.42 Å². The van der Waals surface area contributed by atoms with E-state index in [1.807, 2.05) is 12.1 Å². The monoisotopic (exact) mass is 250 g/mol. The highest BCUT2D eigenvalue weighted by molar-refractivity contribution is 5.74. The van der Waals surface area contributed by atoms with Crippen LogP contribution in [0.2, 0.25) is 0 Å². The molecule has 0 aliphatic rings. The molecule has 0 atom stereocenters. The van der Waals surface area contributed by atoms with E-state index in [0.717, 1.165) is 5.56 Å². The molecular weight excluding hydrogens is 236 g/mol. The number of hydrogen-bond donors (Lipinski definition) is 0. The van der Waals surface area contributed by atoms with Crippen molar-refractivity contribution in [1.29, 1.82) is 0 Å². The van der Waals surface area contributed by atoms with Crippen molar-refractivity contribution in [2.75, 3.05) is 14.2 Å². The first-order valence-electron chi connectivity index (χ1n) is 5.40. The second-order valence-corrected chi connectivity index (χ2v) is 4.06. The van der Waals surface area contributed by atoms with Gasteiger partial charge in [0.2, 0.25) is 0 Å². The normalized spacial score (nSPS) is 10.6. The van der Waals surface area contributed by atoms with Crippen molar-refractivity contribution in [2.45, 2.75) is 6.54 Å². The zero-order chi connectivity index (χ0) is 13.3. The molecule has 1 heterocycles. The van der Waals surface area contributed by atoms with Gasteiger partial charge in [-0.3, -0.25) is 4.57 Å². The van der Waals surface area contributed by atoms with E-state index >= 15 is 0 Å². The predicted octanol–water partition coefficient (Wildman–Crippen LogP) is 1.33. The number of rotatable bonds is 2. The average Bonchev–Trinajstić information content (AvgIpc) is 2.64. The van der Waals surface area contributed by atoms with Crippen LogP contribution in [0.1, 0.15) is 5.56 Å². The molecule has 6 nitrogen and oxygen atoms in total. The summed E-state index contributed by atoms with van der Waals surface area (Å²) in [7, 11) is 4.62. The van der Waals surface area contributed by atoms with E-state index in [1.165, 1.54) is 16.6 Å². The highest BCUT2D eigenvalue weighted by Gasteiger charge is 2.11. The summed E-state index contributed by atoms with van der Waals surface area (Å²) in [4.78, 5) is 24.1. The molecule has 0 bridgehead atoms. The fourth-order valence-corrected chi connectivity index (χ4v) is 1.76. The highest BCUT2D eigenvalue weighted by atomic mass is 16.5. The smallest absolute Gasteiger partial charge is 0.419 e. The lowest BCUT2D eigenvalue weighted by atomic mass is 10.2. The van der Waals surface area contributed by atoms with Gasteiger partial charge in [-0.05, 0) is 17.7 Å². The Morgan fingerprint density at radius 2 is 2.22 bits per heavy atom. The molecule has 0 aliphatic carbocycles. The Labute approximate surface area is 103 Å². The predicted molar refractivity (Wildman–Crippen MR) is 65.3 cm³/mol. The molecule has 0 spiro atoms. The Balaban J connectivity index is 2.33. The molecule has 18 heavy (non-hydrogen) atoms. The van der Waals surface area contributed by atoms with Crippen molar-refractivity contribution in [3.63, 3.8) is 0 Å². The standard InChI is InChI=1S/C12H14N2O4/c1-13(11(15)17-3)7-8-4-5-10-9(6-8)14(2)12(16)18-10/h4-6H,7H2,1-3H3. The van der Waals surface area contributed by atoms with Crippen molar-refractivity contribution < 1.29 is 13.9 Å². The summed E-state index contributed by atoms with van der Waals surface area (Å²) in [6.45, 7) is 0.405. The molecule has 2 aromatic rings. The van der Waals surface area contributed by atoms with Gasteiger partial charge in [0.25, 0.3) is 0 Å². The minimum atomic E-state index is -0.406. The lowest BCUT2D eigenvalue weighted by Gasteiger charge is -2.15. The fourth-order valence-electron chi connectivity index (χ4n) is 1.76.